The van der Waals surface area contributed by atoms with Gasteiger partial charge in [0, 0.05) is 13.2 Å². The summed E-state index contributed by atoms with van der Waals surface area (Å²) in [5.41, 5.74) is -6.10. The Hall–Kier alpha value is -0.633. The van der Waals surface area contributed by atoms with Gasteiger partial charge in [0.15, 0.2) is 0 Å². The molecule has 0 heterocycles. The van der Waals surface area contributed by atoms with Crippen LogP contribution in [-0.2, 0) is 8.85 Å². The summed E-state index contributed by atoms with van der Waals surface area (Å²) in [7, 11) is -5.71. The van der Waals surface area contributed by atoms with E-state index in [4.69, 9.17) is 8.85 Å². The lowest BCUT2D eigenvalue weighted by Crippen LogP contribution is -2.74. The van der Waals surface area contributed by atoms with Gasteiger partial charge in [-0.2, -0.15) is 48.3 Å². The Morgan fingerprint density at radius 3 is 1.25 bits per heavy atom. The molecule has 0 aromatic carbocycles. The summed E-state index contributed by atoms with van der Waals surface area (Å²) in [6, 6.07) is -1.02. The summed E-state index contributed by atoms with van der Waals surface area (Å²) >= 11 is 0. The largest absolute Gasteiger partial charge is 0.460 e. The first-order valence-corrected chi connectivity index (χ1v) is 10.3. The summed E-state index contributed by atoms with van der Waals surface area (Å²) < 4.78 is 157. The highest BCUT2D eigenvalue weighted by atomic mass is 28.4. The molecular formula is C14H21F11O2Si. The van der Waals surface area contributed by atoms with E-state index in [9.17, 15) is 48.3 Å². The molecule has 0 aliphatic carbocycles. The monoisotopic (exact) mass is 458 g/mol. The lowest BCUT2D eigenvalue weighted by molar-refractivity contribution is -0.416. The van der Waals surface area contributed by atoms with Crippen molar-refractivity contribution in [1.82, 2.24) is 0 Å². The van der Waals surface area contributed by atoms with Crippen molar-refractivity contribution < 1.29 is 57.1 Å². The van der Waals surface area contributed by atoms with Crippen LogP contribution < -0.4 is 0 Å². The van der Waals surface area contributed by atoms with Gasteiger partial charge < -0.3 is 8.85 Å². The topological polar surface area (TPSA) is 18.5 Å². The second kappa shape index (κ2) is 9.02. The molecule has 28 heavy (non-hydrogen) atoms. The van der Waals surface area contributed by atoms with Crippen LogP contribution in [0.25, 0.3) is 0 Å². The summed E-state index contributed by atoms with van der Waals surface area (Å²) in [5, 5.41) is 0. The molecule has 0 aromatic rings. The fourth-order valence-corrected chi connectivity index (χ4v) is 5.61. The van der Waals surface area contributed by atoms with Gasteiger partial charge in [0.25, 0.3) is 0 Å². The minimum Gasteiger partial charge on any atom is -0.391 e. The van der Waals surface area contributed by atoms with Crippen LogP contribution in [0.4, 0.5) is 48.3 Å². The van der Waals surface area contributed by atoms with Crippen LogP contribution in [0.5, 0.6) is 0 Å². The Kier molecular flexibility index (Phi) is 8.82. The highest BCUT2D eigenvalue weighted by Crippen LogP contribution is 2.59. The molecule has 2 nitrogen and oxygen atoms in total. The van der Waals surface area contributed by atoms with E-state index >= 15 is 0 Å². The van der Waals surface area contributed by atoms with Crippen molar-refractivity contribution in [3.63, 3.8) is 0 Å². The number of hydrogen-bond donors (Lipinski definition) is 0. The number of alkyl halides is 11. The van der Waals surface area contributed by atoms with Crippen molar-refractivity contribution in [2.24, 2.45) is 0 Å². The maximum atomic E-state index is 14.7. The van der Waals surface area contributed by atoms with Crippen LogP contribution in [-0.4, -0.2) is 51.3 Å². The second-order valence-electron chi connectivity index (χ2n) is 6.00. The van der Waals surface area contributed by atoms with Crippen LogP contribution in [0, 0.1) is 0 Å². The third-order valence-electron chi connectivity index (χ3n) is 3.68. The van der Waals surface area contributed by atoms with Crippen LogP contribution in [0.1, 0.15) is 40.0 Å². The molecule has 0 aliphatic rings. The lowest BCUT2D eigenvalue weighted by Gasteiger charge is -2.43. The van der Waals surface area contributed by atoms with Crippen molar-refractivity contribution in [2.75, 3.05) is 13.2 Å². The zero-order valence-corrected chi connectivity index (χ0v) is 16.2. The molecule has 0 spiro atoms. The van der Waals surface area contributed by atoms with Gasteiger partial charge in [-0.15, -0.1) is 0 Å². The molecule has 0 amide bonds. The fraction of sp³-hybridized carbons (Fsp3) is 1.00. The van der Waals surface area contributed by atoms with Gasteiger partial charge in [-0.3, -0.25) is 0 Å². The molecule has 0 bridgehead atoms. The zero-order valence-electron chi connectivity index (χ0n) is 15.2. The first-order chi connectivity index (χ1) is 12.4. The molecule has 0 aliphatic heterocycles. The molecule has 0 fully saturated rings. The highest BCUT2D eigenvalue weighted by molar-refractivity contribution is 6.70. The van der Waals surface area contributed by atoms with Gasteiger partial charge in [0.05, 0.1) is 0 Å². The quantitative estimate of drug-likeness (QED) is 0.251. The Labute approximate surface area is 155 Å². The summed E-state index contributed by atoms with van der Waals surface area (Å²) in [6.07, 6.45) is -7.65. The van der Waals surface area contributed by atoms with E-state index in [0.29, 0.717) is 0 Å². The Morgan fingerprint density at radius 2 is 0.964 bits per heavy atom. The van der Waals surface area contributed by atoms with E-state index < -0.39 is 57.3 Å². The predicted molar refractivity (Wildman–Crippen MR) is 79.2 cm³/mol. The molecule has 0 radical (unpaired) electrons. The first kappa shape index (κ1) is 27.4. The normalized spacial score (nSPS) is 15.2. The van der Waals surface area contributed by atoms with Crippen LogP contribution in [0.15, 0.2) is 0 Å². The van der Waals surface area contributed by atoms with Gasteiger partial charge in [-0.05, 0) is 18.9 Å². The minimum absolute atomic E-state index is 0.0509. The van der Waals surface area contributed by atoms with Crippen LogP contribution in [0.3, 0.4) is 0 Å². The Morgan fingerprint density at radius 1 is 0.571 bits per heavy atom. The SMILES string of the molecule is CCCO[Si](CCC)(OCCC)C(F)(F)C(F)(F)C(F)(F)C(F)(F)C(F)(F)F. The van der Waals surface area contributed by atoms with E-state index in [1.165, 1.54) is 20.8 Å². The van der Waals surface area contributed by atoms with Crippen molar-refractivity contribution >= 4 is 8.56 Å². The molecule has 14 heteroatoms. The zero-order chi connectivity index (χ0) is 22.7. The van der Waals surface area contributed by atoms with Gasteiger partial charge >= 0.3 is 38.1 Å². The molecule has 170 valence electrons. The lowest BCUT2D eigenvalue weighted by atomic mass is 10.0. The molecule has 0 saturated heterocycles. The van der Waals surface area contributed by atoms with Gasteiger partial charge in [-0.1, -0.05) is 27.2 Å². The average molecular weight is 458 g/mol. The van der Waals surface area contributed by atoms with Crippen molar-refractivity contribution in [2.45, 2.75) is 75.6 Å². The van der Waals surface area contributed by atoms with Crippen LogP contribution >= 0.6 is 0 Å². The standard InChI is InChI=1S/C14H21F11O2Si/c1-4-7-26-28(9-6-3,27-8-5-2)14(24,25)12(19,20)10(15,16)11(17,18)13(21,22)23/h4-9H2,1-3H3. The molecule has 0 atom stereocenters. The molecular weight excluding hydrogens is 437 g/mol. The number of hydrogen-bond acceptors (Lipinski definition) is 2. The maximum absolute atomic E-state index is 14.7. The van der Waals surface area contributed by atoms with Crippen LogP contribution in [0.2, 0.25) is 6.04 Å². The van der Waals surface area contributed by atoms with Gasteiger partial charge in [0.2, 0.25) is 0 Å². The molecule has 0 saturated carbocycles. The van der Waals surface area contributed by atoms with Crippen molar-refractivity contribution in [1.29, 1.82) is 0 Å². The number of rotatable bonds is 12. The van der Waals surface area contributed by atoms with E-state index in [0.717, 1.165) is 0 Å². The third-order valence-corrected chi connectivity index (χ3v) is 7.45. The van der Waals surface area contributed by atoms with E-state index in [2.05, 4.69) is 0 Å². The predicted octanol–water partition coefficient (Wildman–Crippen LogP) is 6.33. The first-order valence-electron chi connectivity index (χ1n) is 8.29. The third kappa shape index (κ3) is 4.42. The second-order valence-corrected chi connectivity index (χ2v) is 9.21. The summed E-state index contributed by atoms with van der Waals surface area (Å²) in [5.74, 6) is -22.0. The van der Waals surface area contributed by atoms with Gasteiger partial charge in [0.1, 0.15) is 0 Å². The summed E-state index contributed by atoms with van der Waals surface area (Å²) in [6.45, 7) is 2.57. The Balaban J connectivity index is 6.53. The highest BCUT2D eigenvalue weighted by Gasteiger charge is 2.91. The Bertz CT molecular complexity index is 486. The van der Waals surface area contributed by atoms with Crippen molar-refractivity contribution in [3.8, 4) is 0 Å². The molecule has 0 N–H and O–H groups in total. The van der Waals surface area contributed by atoms with E-state index in [1.807, 2.05) is 0 Å². The van der Waals surface area contributed by atoms with Crippen molar-refractivity contribution in [3.05, 3.63) is 0 Å². The molecule has 0 unspecified atom stereocenters. The van der Waals surface area contributed by atoms with E-state index in [-0.39, 0.29) is 19.3 Å². The fourth-order valence-electron chi connectivity index (χ4n) is 2.20. The number of halogens is 11. The smallest absolute Gasteiger partial charge is 0.391 e. The van der Waals surface area contributed by atoms with Gasteiger partial charge in [-0.25, -0.2) is 0 Å². The minimum atomic E-state index is -7.46. The molecule has 0 aromatic heterocycles. The van der Waals surface area contributed by atoms with E-state index in [1.54, 1.807) is 0 Å². The average Bonchev–Trinajstić information content (AvgIpc) is 2.55. The molecule has 0 rings (SSSR count). The maximum Gasteiger partial charge on any atom is 0.460 e. The summed E-state index contributed by atoms with van der Waals surface area (Å²) in [4.78, 5) is 0.